The van der Waals surface area contributed by atoms with E-state index in [0.717, 1.165) is 28.7 Å². The van der Waals surface area contributed by atoms with Crippen LogP contribution in [0.5, 0.6) is 5.75 Å². The average molecular weight is 418 g/mol. The summed E-state index contributed by atoms with van der Waals surface area (Å²) < 4.78 is 0. The molecule has 0 fully saturated rings. The van der Waals surface area contributed by atoms with Crippen molar-refractivity contribution in [3.63, 3.8) is 0 Å². The Morgan fingerprint density at radius 3 is 2.19 bits per heavy atom. The summed E-state index contributed by atoms with van der Waals surface area (Å²) in [6.07, 6.45) is 1.96. The maximum absolute atomic E-state index is 12.9. The predicted molar refractivity (Wildman–Crippen MR) is 120 cm³/mol. The molecule has 0 spiro atoms. The van der Waals surface area contributed by atoms with E-state index in [-0.39, 0.29) is 29.7 Å². The second-order valence-electron chi connectivity index (χ2n) is 7.58. The number of carbonyl (C=O) groups excluding carboxylic acids is 1. The number of benzene rings is 3. The lowest BCUT2D eigenvalue weighted by atomic mass is 9.99. The molecule has 0 heterocycles. The summed E-state index contributed by atoms with van der Waals surface area (Å²) in [5, 5.41) is 22.1. The number of aliphatic carboxylic acids is 1. The maximum Gasteiger partial charge on any atom is 0.303 e. The van der Waals surface area contributed by atoms with Gasteiger partial charge in [-0.25, -0.2) is 0 Å². The Kier molecular flexibility index (Phi) is 7.44. The van der Waals surface area contributed by atoms with Gasteiger partial charge in [-0.2, -0.15) is 0 Å². The number of carbonyl (C=O) groups is 2. The van der Waals surface area contributed by atoms with Crippen LogP contribution in [0, 0.1) is 0 Å². The third-order valence-electron chi connectivity index (χ3n) is 5.28. The molecule has 5 nitrogen and oxygen atoms in total. The third-order valence-corrected chi connectivity index (χ3v) is 5.28. The number of nitrogens with one attached hydrogen (secondary N) is 1. The van der Waals surface area contributed by atoms with E-state index in [0.29, 0.717) is 12.8 Å². The first-order valence-electron chi connectivity index (χ1n) is 10.4. The number of carboxylic acids is 1. The number of rotatable bonds is 9. The van der Waals surface area contributed by atoms with Gasteiger partial charge < -0.3 is 15.5 Å². The molecule has 5 heteroatoms. The van der Waals surface area contributed by atoms with Crippen LogP contribution >= 0.6 is 0 Å². The third kappa shape index (κ3) is 6.19. The van der Waals surface area contributed by atoms with Crippen LogP contribution in [0.15, 0.2) is 72.8 Å². The van der Waals surface area contributed by atoms with Gasteiger partial charge in [-0.1, -0.05) is 67.6 Å². The summed E-state index contributed by atoms with van der Waals surface area (Å²) >= 11 is 0. The molecule has 0 aliphatic carbocycles. The van der Waals surface area contributed by atoms with Crippen LogP contribution < -0.4 is 5.32 Å². The van der Waals surface area contributed by atoms with Crippen molar-refractivity contribution >= 4 is 11.9 Å². The molecule has 0 aromatic heterocycles. The molecule has 3 rings (SSSR count). The second-order valence-corrected chi connectivity index (χ2v) is 7.58. The number of carboxylic acid groups (broad SMARTS) is 1. The van der Waals surface area contributed by atoms with Gasteiger partial charge in [0.05, 0.1) is 11.6 Å². The molecule has 1 unspecified atom stereocenters. The number of aryl methyl sites for hydroxylation is 1. The molecule has 1 atom stereocenters. The minimum absolute atomic E-state index is 0.0480. The zero-order chi connectivity index (χ0) is 22.2. The van der Waals surface area contributed by atoms with Crippen LogP contribution in [-0.4, -0.2) is 22.1 Å². The number of hydrogen-bond acceptors (Lipinski definition) is 3. The largest absolute Gasteiger partial charge is 0.507 e. The number of phenols is 1. The van der Waals surface area contributed by atoms with E-state index in [9.17, 15) is 14.7 Å². The molecule has 160 valence electrons. The molecule has 31 heavy (non-hydrogen) atoms. The van der Waals surface area contributed by atoms with Crippen molar-refractivity contribution in [3.05, 3.63) is 101 Å². The fourth-order valence-corrected chi connectivity index (χ4v) is 3.53. The van der Waals surface area contributed by atoms with E-state index < -0.39 is 5.97 Å². The molecule has 0 radical (unpaired) electrons. The molecule has 0 aliphatic heterocycles. The summed E-state index contributed by atoms with van der Waals surface area (Å²) in [5.74, 6) is -1.16. The molecule has 0 aliphatic rings. The van der Waals surface area contributed by atoms with Crippen molar-refractivity contribution in [1.29, 1.82) is 0 Å². The smallest absolute Gasteiger partial charge is 0.303 e. The Labute approximate surface area is 182 Å². The normalized spacial score (nSPS) is 11.6. The summed E-state index contributed by atoms with van der Waals surface area (Å²) in [5.41, 5.74) is 4.21. The number of hydrogen-bond donors (Lipinski definition) is 3. The second kappa shape index (κ2) is 10.4. The Morgan fingerprint density at radius 1 is 0.903 bits per heavy atom. The minimum atomic E-state index is -0.809. The van der Waals surface area contributed by atoms with Crippen LogP contribution in [0.3, 0.4) is 0 Å². The van der Waals surface area contributed by atoms with Crippen molar-refractivity contribution in [3.8, 4) is 5.75 Å². The van der Waals surface area contributed by atoms with Gasteiger partial charge >= 0.3 is 5.97 Å². The van der Waals surface area contributed by atoms with E-state index >= 15 is 0 Å². The lowest BCUT2D eigenvalue weighted by Gasteiger charge is -2.18. The van der Waals surface area contributed by atoms with Gasteiger partial charge in [0, 0.05) is 6.42 Å². The molecule has 0 bridgehead atoms. The number of phenolic OH excluding ortho intramolecular Hbond substituents is 1. The molecular formula is C26H27NO4. The van der Waals surface area contributed by atoms with Gasteiger partial charge in [0.25, 0.3) is 5.91 Å². The first kappa shape index (κ1) is 22.1. The minimum Gasteiger partial charge on any atom is -0.507 e. The Balaban J connectivity index is 1.71. The van der Waals surface area contributed by atoms with E-state index in [1.807, 2.05) is 61.5 Å². The van der Waals surface area contributed by atoms with Crippen molar-refractivity contribution in [2.45, 2.75) is 38.6 Å². The lowest BCUT2D eigenvalue weighted by molar-refractivity contribution is -0.136. The first-order chi connectivity index (χ1) is 15.0. The summed E-state index contributed by atoms with van der Waals surface area (Å²) in [7, 11) is 0. The maximum atomic E-state index is 12.9. The van der Waals surface area contributed by atoms with E-state index in [1.54, 1.807) is 18.2 Å². The zero-order valence-corrected chi connectivity index (χ0v) is 17.5. The SMILES string of the molecule is CCC(NC(=O)c1cc(Cc2ccc(CCC(=O)O)cc2)ccc1O)c1ccccc1. The monoisotopic (exact) mass is 417 g/mol. The quantitative estimate of drug-likeness (QED) is 0.463. The predicted octanol–water partition coefficient (Wildman–Crippen LogP) is 4.88. The molecular weight excluding hydrogens is 390 g/mol. The van der Waals surface area contributed by atoms with Gasteiger partial charge in [-0.3, -0.25) is 9.59 Å². The van der Waals surface area contributed by atoms with Crippen LogP contribution in [0.2, 0.25) is 0 Å². The molecule has 3 aromatic carbocycles. The molecule has 1 amide bonds. The summed E-state index contributed by atoms with van der Waals surface area (Å²) in [6, 6.07) is 22.5. The molecule has 0 saturated carbocycles. The van der Waals surface area contributed by atoms with E-state index in [2.05, 4.69) is 5.32 Å². The van der Waals surface area contributed by atoms with Crippen molar-refractivity contribution in [2.75, 3.05) is 0 Å². The van der Waals surface area contributed by atoms with Gasteiger partial charge in [-0.05, 0) is 53.6 Å². The zero-order valence-electron chi connectivity index (χ0n) is 17.5. The molecule has 0 saturated heterocycles. The number of amides is 1. The lowest BCUT2D eigenvalue weighted by Crippen LogP contribution is -2.28. The molecule has 3 N–H and O–H groups in total. The van der Waals surface area contributed by atoms with Crippen molar-refractivity contribution < 1.29 is 19.8 Å². The Bertz CT molecular complexity index is 1030. The highest BCUT2D eigenvalue weighted by Crippen LogP contribution is 2.23. The van der Waals surface area contributed by atoms with Gasteiger partial charge in [0.15, 0.2) is 0 Å². The summed E-state index contributed by atoms with van der Waals surface area (Å²) in [6.45, 7) is 2.01. The fraction of sp³-hybridized carbons (Fsp3) is 0.231. The Morgan fingerprint density at radius 2 is 1.55 bits per heavy atom. The van der Waals surface area contributed by atoms with Crippen LogP contribution in [0.25, 0.3) is 0 Å². The van der Waals surface area contributed by atoms with Crippen LogP contribution in [0.4, 0.5) is 0 Å². The van der Waals surface area contributed by atoms with Crippen molar-refractivity contribution in [2.24, 2.45) is 0 Å². The molecule has 3 aromatic rings. The standard InChI is InChI=1S/C26H27NO4/c1-2-23(21-6-4-3-5-7-21)27-26(31)22-17-20(12-14-24(22)28)16-19-10-8-18(9-11-19)13-15-25(29)30/h3-12,14,17,23,28H,2,13,15-16H2,1H3,(H,27,31)(H,29,30). The highest BCUT2D eigenvalue weighted by molar-refractivity contribution is 5.97. The highest BCUT2D eigenvalue weighted by Gasteiger charge is 2.17. The van der Waals surface area contributed by atoms with Gasteiger partial charge in [0.1, 0.15) is 5.75 Å². The van der Waals surface area contributed by atoms with Gasteiger partial charge in [-0.15, -0.1) is 0 Å². The summed E-state index contributed by atoms with van der Waals surface area (Å²) in [4.78, 5) is 23.6. The first-order valence-corrected chi connectivity index (χ1v) is 10.4. The average Bonchev–Trinajstić information content (AvgIpc) is 2.78. The number of aromatic hydroxyl groups is 1. The van der Waals surface area contributed by atoms with Crippen LogP contribution in [0.1, 0.15) is 58.4 Å². The Hall–Kier alpha value is -3.60. The van der Waals surface area contributed by atoms with Crippen molar-refractivity contribution in [1.82, 2.24) is 5.32 Å². The fourth-order valence-electron chi connectivity index (χ4n) is 3.53. The van der Waals surface area contributed by atoms with Crippen LogP contribution in [-0.2, 0) is 17.6 Å². The highest BCUT2D eigenvalue weighted by atomic mass is 16.4. The van der Waals surface area contributed by atoms with E-state index in [4.69, 9.17) is 5.11 Å². The van der Waals surface area contributed by atoms with Gasteiger partial charge in [0.2, 0.25) is 0 Å². The topological polar surface area (TPSA) is 86.6 Å². The van der Waals surface area contributed by atoms with E-state index in [1.165, 1.54) is 0 Å².